The highest BCUT2D eigenvalue weighted by Crippen LogP contribution is 2.34. The SMILES string of the molecule is CCc1ccc(C(=O)C(C)Sc2nc3cc(C(F)(F)F)ccc3n2Cc2ccccc2)cc1. The second kappa shape index (κ2) is 9.43. The smallest absolute Gasteiger partial charge is 0.314 e. The highest BCUT2D eigenvalue weighted by molar-refractivity contribution is 8.00. The van der Waals surface area contributed by atoms with Crippen molar-refractivity contribution in [2.45, 2.75) is 43.4 Å². The van der Waals surface area contributed by atoms with Crippen LogP contribution in [0.15, 0.2) is 78.0 Å². The maximum absolute atomic E-state index is 13.2. The van der Waals surface area contributed by atoms with E-state index >= 15 is 0 Å². The molecule has 0 radical (unpaired) electrons. The molecule has 0 bridgehead atoms. The Labute approximate surface area is 194 Å². The number of aryl methyl sites for hydroxylation is 1. The number of halogens is 3. The van der Waals surface area contributed by atoms with Crippen LogP contribution in [0.4, 0.5) is 13.2 Å². The van der Waals surface area contributed by atoms with Gasteiger partial charge in [0.05, 0.1) is 28.4 Å². The molecular formula is C26H23F3N2OS. The van der Waals surface area contributed by atoms with E-state index < -0.39 is 17.0 Å². The summed E-state index contributed by atoms with van der Waals surface area (Å²) in [7, 11) is 0. The Hall–Kier alpha value is -3.06. The molecule has 7 heteroatoms. The summed E-state index contributed by atoms with van der Waals surface area (Å²) in [5.74, 6) is -0.0445. The first-order valence-corrected chi connectivity index (χ1v) is 11.6. The van der Waals surface area contributed by atoms with Gasteiger partial charge in [-0.15, -0.1) is 0 Å². The summed E-state index contributed by atoms with van der Waals surface area (Å²) in [6, 6.07) is 20.7. The van der Waals surface area contributed by atoms with Crippen molar-refractivity contribution in [2.75, 3.05) is 0 Å². The quantitative estimate of drug-likeness (QED) is 0.216. The molecule has 3 aromatic carbocycles. The molecule has 1 unspecified atom stereocenters. The average Bonchev–Trinajstić information content (AvgIpc) is 3.14. The average molecular weight is 469 g/mol. The molecule has 0 saturated carbocycles. The molecule has 0 amide bonds. The summed E-state index contributed by atoms with van der Waals surface area (Å²) in [6.45, 7) is 4.29. The Morgan fingerprint density at radius 2 is 1.70 bits per heavy atom. The number of imidazole rings is 1. The van der Waals surface area contributed by atoms with Gasteiger partial charge >= 0.3 is 6.18 Å². The zero-order valence-corrected chi connectivity index (χ0v) is 19.1. The van der Waals surface area contributed by atoms with Gasteiger partial charge in [0.2, 0.25) is 0 Å². The molecule has 33 heavy (non-hydrogen) atoms. The largest absolute Gasteiger partial charge is 0.416 e. The lowest BCUT2D eigenvalue weighted by Gasteiger charge is -2.13. The Bertz CT molecular complexity index is 1260. The topological polar surface area (TPSA) is 34.9 Å². The van der Waals surface area contributed by atoms with Crippen molar-refractivity contribution >= 4 is 28.6 Å². The van der Waals surface area contributed by atoms with Crippen molar-refractivity contribution in [3.63, 3.8) is 0 Å². The summed E-state index contributed by atoms with van der Waals surface area (Å²) in [6.07, 6.45) is -3.55. The molecule has 1 atom stereocenters. The van der Waals surface area contributed by atoms with E-state index in [1.165, 1.54) is 17.8 Å². The number of hydrogen-bond donors (Lipinski definition) is 0. The fraction of sp³-hybridized carbons (Fsp3) is 0.231. The Morgan fingerprint density at radius 1 is 1.00 bits per heavy atom. The first-order valence-electron chi connectivity index (χ1n) is 10.7. The lowest BCUT2D eigenvalue weighted by Crippen LogP contribution is -2.15. The number of rotatable bonds is 7. The Balaban J connectivity index is 1.69. The normalized spacial score (nSPS) is 12.8. The van der Waals surface area contributed by atoms with E-state index in [0.717, 1.165) is 29.7 Å². The van der Waals surface area contributed by atoms with E-state index in [1.807, 2.05) is 59.2 Å². The number of aromatic nitrogens is 2. The molecule has 0 saturated heterocycles. The van der Waals surface area contributed by atoms with E-state index in [0.29, 0.717) is 22.8 Å². The summed E-state index contributed by atoms with van der Waals surface area (Å²) in [5.41, 5.74) is 2.87. The van der Waals surface area contributed by atoms with Gasteiger partial charge in [-0.3, -0.25) is 4.79 Å². The van der Waals surface area contributed by atoms with Crippen molar-refractivity contribution < 1.29 is 18.0 Å². The zero-order valence-electron chi connectivity index (χ0n) is 18.3. The summed E-state index contributed by atoms with van der Waals surface area (Å²) >= 11 is 1.26. The minimum absolute atomic E-state index is 0.0445. The Kier molecular flexibility index (Phi) is 6.61. The standard InChI is InChI=1S/C26H23F3N2OS/c1-3-18-9-11-20(12-10-18)24(32)17(2)33-25-30-22-15-21(26(27,28)29)13-14-23(22)31(25)16-19-7-5-4-6-8-19/h4-15,17H,3,16H2,1-2H3. The summed E-state index contributed by atoms with van der Waals surface area (Å²) in [4.78, 5) is 17.5. The number of fused-ring (bicyclic) bond motifs is 1. The van der Waals surface area contributed by atoms with Gasteiger partial charge in [0, 0.05) is 5.56 Å². The van der Waals surface area contributed by atoms with Gasteiger partial charge in [-0.1, -0.05) is 73.3 Å². The van der Waals surface area contributed by atoms with E-state index in [-0.39, 0.29) is 11.3 Å². The van der Waals surface area contributed by atoms with Crippen molar-refractivity contribution in [3.05, 3.63) is 95.1 Å². The summed E-state index contributed by atoms with van der Waals surface area (Å²) in [5, 5.41) is 0.0603. The zero-order chi connectivity index (χ0) is 23.6. The van der Waals surface area contributed by atoms with Gasteiger partial charge in [-0.2, -0.15) is 13.2 Å². The lowest BCUT2D eigenvalue weighted by molar-refractivity contribution is -0.137. The molecule has 0 spiro atoms. The minimum Gasteiger partial charge on any atom is -0.314 e. The molecule has 3 nitrogen and oxygen atoms in total. The van der Waals surface area contributed by atoms with Crippen LogP contribution in [0, 0.1) is 0 Å². The molecule has 1 aromatic heterocycles. The highest BCUT2D eigenvalue weighted by atomic mass is 32.2. The number of ketones is 1. The number of carbonyl (C=O) groups excluding carboxylic acids is 1. The van der Waals surface area contributed by atoms with Gasteiger partial charge in [0.25, 0.3) is 0 Å². The molecule has 0 aliphatic heterocycles. The fourth-order valence-electron chi connectivity index (χ4n) is 3.64. The maximum Gasteiger partial charge on any atom is 0.416 e. The van der Waals surface area contributed by atoms with Crippen molar-refractivity contribution in [2.24, 2.45) is 0 Å². The maximum atomic E-state index is 13.2. The van der Waals surface area contributed by atoms with Crippen LogP contribution in [-0.4, -0.2) is 20.6 Å². The third kappa shape index (κ3) is 5.14. The van der Waals surface area contributed by atoms with E-state index in [9.17, 15) is 18.0 Å². The number of thioether (sulfide) groups is 1. The first-order chi connectivity index (χ1) is 15.8. The van der Waals surface area contributed by atoms with Crippen molar-refractivity contribution in [1.82, 2.24) is 9.55 Å². The first kappa shape index (κ1) is 23.1. The van der Waals surface area contributed by atoms with Crippen LogP contribution in [0.25, 0.3) is 11.0 Å². The second-order valence-electron chi connectivity index (χ2n) is 7.84. The molecule has 4 rings (SSSR count). The molecule has 0 aliphatic rings. The number of hydrogen-bond acceptors (Lipinski definition) is 3. The number of carbonyl (C=O) groups is 1. The molecule has 1 heterocycles. The minimum atomic E-state index is -4.45. The van der Waals surface area contributed by atoms with Crippen LogP contribution in [0.5, 0.6) is 0 Å². The second-order valence-corrected chi connectivity index (χ2v) is 9.15. The van der Waals surface area contributed by atoms with Gasteiger partial charge in [-0.25, -0.2) is 4.98 Å². The van der Waals surface area contributed by atoms with E-state index in [2.05, 4.69) is 11.9 Å². The predicted octanol–water partition coefficient (Wildman–Crippen LogP) is 7.03. The van der Waals surface area contributed by atoms with Crippen LogP contribution >= 0.6 is 11.8 Å². The molecule has 0 N–H and O–H groups in total. The van der Waals surface area contributed by atoms with Gasteiger partial charge < -0.3 is 4.57 Å². The number of alkyl halides is 3. The molecule has 0 aliphatic carbocycles. The number of nitrogens with zero attached hydrogens (tertiary/aromatic N) is 2. The summed E-state index contributed by atoms with van der Waals surface area (Å²) < 4.78 is 41.6. The van der Waals surface area contributed by atoms with Gasteiger partial charge in [0.1, 0.15) is 0 Å². The van der Waals surface area contributed by atoms with Crippen LogP contribution in [0.2, 0.25) is 0 Å². The van der Waals surface area contributed by atoms with Gasteiger partial charge in [0.15, 0.2) is 10.9 Å². The third-order valence-corrected chi connectivity index (χ3v) is 6.61. The highest BCUT2D eigenvalue weighted by Gasteiger charge is 2.31. The fourth-order valence-corrected chi connectivity index (χ4v) is 4.64. The van der Waals surface area contributed by atoms with Crippen LogP contribution in [-0.2, 0) is 19.1 Å². The van der Waals surface area contributed by atoms with Crippen LogP contribution in [0.3, 0.4) is 0 Å². The number of Topliss-reactive ketones (excluding diaryl/α,β-unsaturated/α-hetero) is 1. The van der Waals surface area contributed by atoms with E-state index in [1.54, 1.807) is 6.92 Å². The lowest BCUT2D eigenvalue weighted by atomic mass is 10.1. The monoisotopic (exact) mass is 468 g/mol. The molecule has 0 fully saturated rings. The molecule has 170 valence electrons. The predicted molar refractivity (Wildman–Crippen MR) is 126 cm³/mol. The van der Waals surface area contributed by atoms with Crippen molar-refractivity contribution in [1.29, 1.82) is 0 Å². The van der Waals surface area contributed by atoms with Crippen LogP contribution < -0.4 is 0 Å². The van der Waals surface area contributed by atoms with Crippen molar-refractivity contribution in [3.8, 4) is 0 Å². The Morgan fingerprint density at radius 3 is 2.33 bits per heavy atom. The number of benzene rings is 3. The van der Waals surface area contributed by atoms with Gasteiger partial charge in [-0.05, 0) is 42.7 Å². The van der Waals surface area contributed by atoms with E-state index in [4.69, 9.17) is 0 Å². The third-order valence-electron chi connectivity index (χ3n) is 5.52. The molecular weight excluding hydrogens is 445 g/mol. The molecule has 4 aromatic rings. The van der Waals surface area contributed by atoms with Crippen LogP contribution in [0.1, 0.15) is 40.9 Å².